The highest BCUT2D eigenvalue weighted by molar-refractivity contribution is 7.54. The van der Waals surface area contributed by atoms with Crippen LogP contribution in [0.4, 0.5) is 13.2 Å². The summed E-state index contributed by atoms with van der Waals surface area (Å²) >= 11 is 5.76. The van der Waals surface area contributed by atoms with E-state index in [0.29, 0.717) is 0 Å². The highest BCUT2D eigenvalue weighted by atomic mass is 35.5. The first-order chi connectivity index (χ1) is 9.67. The van der Waals surface area contributed by atoms with Gasteiger partial charge in [-0.3, -0.25) is 4.57 Å². The van der Waals surface area contributed by atoms with Gasteiger partial charge in [-0.05, 0) is 19.9 Å². The van der Waals surface area contributed by atoms with Crippen molar-refractivity contribution >= 4 is 19.2 Å². The summed E-state index contributed by atoms with van der Waals surface area (Å²) in [4.78, 5) is 0. The normalized spacial score (nSPS) is 14.2. The van der Waals surface area contributed by atoms with E-state index < -0.39 is 30.1 Å². The minimum atomic E-state index is -4.63. The maximum atomic E-state index is 12.8. The third-order valence-corrected chi connectivity index (χ3v) is 5.23. The summed E-state index contributed by atoms with van der Waals surface area (Å²) in [5, 5.41) is -0.600. The van der Waals surface area contributed by atoms with Crippen molar-refractivity contribution in [3.05, 3.63) is 34.3 Å². The van der Waals surface area contributed by atoms with E-state index in [1.807, 2.05) is 0 Å². The second-order valence-electron chi connectivity index (χ2n) is 4.03. The molecule has 0 amide bonds. The zero-order valence-corrected chi connectivity index (χ0v) is 13.1. The van der Waals surface area contributed by atoms with Crippen LogP contribution >= 0.6 is 19.2 Å². The predicted molar refractivity (Wildman–Crippen MR) is 74.2 cm³/mol. The monoisotopic (exact) mass is 345 g/mol. The Morgan fingerprint density at radius 2 is 1.81 bits per heavy atom. The van der Waals surface area contributed by atoms with Crippen LogP contribution in [0.25, 0.3) is 0 Å². The molecule has 0 radical (unpaired) electrons. The lowest BCUT2D eigenvalue weighted by molar-refractivity contribution is -0.137. The average Bonchev–Trinajstić information content (AvgIpc) is 2.37. The van der Waals surface area contributed by atoms with Gasteiger partial charge in [-0.1, -0.05) is 23.7 Å². The molecule has 0 saturated carbocycles. The van der Waals surface area contributed by atoms with E-state index in [-0.39, 0.29) is 18.8 Å². The lowest BCUT2D eigenvalue weighted by Crippen LogP contribution is -2.17. The fraction of sp³-hybridized carbons (Fsp3) is 0.500. The van der Waals surface area contributed by atoms with Gasteiger partial charge in [0.2, 0.25) is 0 Å². The van der Waals surface area contributed by atoms with Crippen LogP contribution in [-0.4, -0.2) is 13.2 Å². The van der Waals surface area contributed by atoms with Gasteiger partial charge >= 0.3 is 13.8 Å². The van der Waals surface area contributed by atoms with Gasteiger partial charge in [0.05, 0.1) is 23.8 Å². The van der Waals surface area contributed by atoms with Crippen LogP contribution in [0.3, 0.4) is 0 Å². The zero-order valence-electron chi connectivity index (χ0n) is 11.5. The summed E-state index contributed by atoms with van der Waals surface area (Å²) in [7, 11) is -3.81. The Bertz CT molecular complexity index is 529. The molecule has 1 rings (SSSR count). The van der Waals surface area contributed by atoms with Gasteiger partial charge in [0.1, 0.15) is 5.78 Å². The lowest BCUT2D eigenvalue weighted by Gasteiger charge is -2.25. The van der Waals surface area contributed by atoms with E-state index in [2.05, 4.69) is 0 Å². The standard InChI is InChI=1S/C12H16ClF3NO3P/c1-3-19-21(18,20-4-2)11(17)8-6-5-7-9(10(8)13)12(14,15)16/h5-7,11H,3-4,17H2,1-2H3/t11-/m0/s1. The van der Waals surface area contributed by atoms with Crippen molar-refractivity contribution in [3.63, 3.8) is 0 Å². The molecule has 120 valence electrons. The van der Waals surface area contributed by atoms with Crippen LogP contribution in [-0.2, 0) is 19.8 Å². The van der Waals surface area contributed by atoms with Crippen LogP contribution in [0.5, 0.6) is 0 Å². The highest BCUT2D eigenvalue weighted by Crippen LogP contribution is 2.59. The molecule has 0 saturated heterocycles. The quantitative estimate of drug-likeness (QED) is 0.766. The van der Waals surface area contributed by atoms with Crippen molar-refractivity contribution in [2.45, 2.75) is 25.8 Å². The minimum Gasteiger partial charge on any atom is -0.314 e. The summed E-state index contributed by atoms with van der Waals surface area (Å²) in [6, 6.07) is 3.24. The van der Waals surface area contributed by atoms with Gasteiger partial charge in [0.15, 0.2) is 0 Å². The van der Waals surface area contributed by atoms with Gasteiger partial charge in [-0.2, -0.15) is 13.2 Å². The van der Waals surface area contributed by atoms with Gasteiger partial charge < -0.3 is 14.8 Å². The second kappa shape index (κ2) is 7.11. The maximum absolute atomic E-state index is 12.8. The first-order valence-electron chi connectivity index (χ1n) is 6.17. The summed E-state index contributed by atoms with van der Waals surface area (Å²) < 4.78 is 61.1. The molecule has 0 aliphatic heterocycles. The van der Waals surface area contributed by atoms with Crippen molar-refractivity contribution in [2.75, 3.05) is 13.2 Å². The number of hydrogen-bond acceptors (Lipinski definition) is 4. The maximum Gasteiger partial charge on any atom is 0.417 e. The van der Waals surface area contributed by atoms with Crippen molar-refractivity contribution < 1.29 is 26.8 Å². The first-order valence-corrected chi connectivity index (χ1v) is 8.16. The summed E-state index contributed by atoms with van der Waals surface area (Å²) in [6.45, 7) is 3.24. The Morgan fingerprint density at radius 1 is 1.29 bits per heavy atom. The second-order valence-corrected chi connectivity index (χ2v) is 6.56. The number of hydrogen-bond donors (Lipinski definition) is 1. The molecule has 1 atom stereocenters. The molecule has 1 aromatic carbocycles. The van der Waals surface area contributed by atoms with E-state index >= 15 is 0 Å². The number of halogens is 4. The molecule has 0 fully saturated rings. The number of benzene rings is 1. The fourth-order valence-corrected chi connectivity index (χ4v) is 3.82. The summed E-state index contributed by atoms with van der Waals surface area (Å²) in [5.41, 5.74) is 4.62. The fourth-order valence-electron chi connectivity index (χ4n) is 1.73. The van der Waals surface area contributed by atoms with Gasteiger partial charge in [-0.15, -0.1) is 0 Å². The molecular formula is C12H16ClF3NO3P. The SMILES string of the molecule is CCOP(=O)(OCC)[C@H](N)c1cccc(C(F)(F)F)c1Cl. The van der Waals surface area contributed by atoms with Crippen molar-refractivity contribution in [2.24, 2.45) is 5.73 Å². The van der Waals surface area contributed by atoms with Gasteiger partial charge in [0, 0.05) is 5.56 Å². The van der Waals surface area contributed by atoms with Crippen LogP contribution in [0.2, 0.25) is 5.02 Å². The molecule has 0 unspecified atom stereocenters. The molecule has 0 spiro atoms. The number of nitrogens with two attached hydrogens (primary N) is 1. The molecule has 1 aromatic rings. The Morgan fingerprint density at radius 3 is 2.24 bits per heavy atom. The zero-order chi connectivity index (χ0) is 16.3. The molecule has 0 aromatic heterocycles. The van der Waals surface area contributed by atoms with E-state index in [0.717, 1.165) is 12.1 Å². The van der Waals surface area contributed by atoms with Gasteiger partial charge in [0.25, 0.3) is 0 Å². The Hall–Kier alpha value is -0.590. The Labute approximate surface area is 125 Å². The van der Waals surface area contributed by atoms with Gasteiger partial charge in [-0.25, -0.2) is 0 Å². The van der Waals surface area contributed by atoms with E-state index in [1.54, 1.807) is 13.8 Å². The summed E-state index contributed by atoms with van der Waals surface area (Å²) in [6.07, 6.45) is -4.63. The van der Waals surface area contributed by atoms with E-state index in [1.165, 1.54) is 6.07 Å². The Kier molecular flexibility index (Phi) is 6.25. The average molecular weight is 346 g/mol. The minimum absolute atomic E-state index is 0.0432. The van der Waals surface area contributed by atoms with Crippen LogP contribution < -0.4 is 5.73 Å². The third kappa shape index (κ3) is 4.20. The third-order valence-electron chi connectivity index (χ3n) is 2.61. The number of rotatable bonds is 6. The molecule has 4 nitrogen and oxygen atoms in total. The molecule has 9 heteroatoms. The molecule has 2 N–H and O–H groups in total. The van der Waals surface area contributed by atoms with Crippen LogP contribution in [0.1, 0.15) is 30.8 Å². The molecule has 0 bridgehead atoms. The largest absolute Gasteiger partial charge is 0.417 e. The highest BCUT2D eigenvalue weighted by Gasteiger charge is 2.39. The van der Waals surface area contributed by atoms with Crippen molar-refractivity contribution in [1.82, 2.24) is 0 Å². The van der Waals surface area contributed by atoms with Crippen molar-refractivity contribution in [3.8, 4) is 0 Å². The molecule has 21 heavy (non-hydrogen) atoms. The molecule has 0 heterocycles. The predicted octanol–water partition coefficient (Wildman–Crippen LogP) is 4.58. The number of alkyl halides is 3. The van der Waals surface area contributed by atoms with Crippen LogP contribution in [0.15, 0.2) is 18.2 Å². The van der Waals surface area contributed by atoms with E-state index in [9.17, 15) is 17.7 Å². The molecule has 0 aliphatic rings. The smallest absolute Gasteiger partial charge is 0.314 e. The van der Waals surface area contributed by atoms with E-state index in [4.69, 9.17) is 26.4 Å². The molecule has 0 aliphatic carbocycles. The first kappa shape index (κ1) is 18.5. The Balaban J connectivity index is 3.29. The topological polar surface area (TPSA) is 61.5 Å². The molecular weight excluding hydrogens is 330 g/mol. The van der Waals surface area contributed by atoms with Crippen LogP contribution in [0, 0.1) is 0 Å². The lowest BCUT2D eigenvalue weighted by atomic mass is 10.1. The van der Waals surface area contributed by atoms with Crippen molar-refractivity contribution in [1.29, 1.82) is 0 Å². The summed E-state index contributed by atoms with van der Waals surface area (Å²) in [5.74, 6) is -1.40.